The summed E-state index contributed by atoms with van der Waals surface area (Å²) in [7, 11) is 0. The first-order valence-corrected chi connectivity index (χ1v) is 7.44. The molecule has 20 heavy (non-hydrogen) atoms. The van der Waals surface area contributed by atoms with Crippen LogP contribution in [0.15, 0.2) is 24.3 Å². The van der Waals surface area contributed by atoms with Crippen molar-refractivity contribution in [2.24, 2.45) is 22.7 Å². The summed E-state index contributed by atoms with van der Waals surface area (Å²) < 4.78 is 0. The minimum absolute atomic E-state index is 0.0245. The quantitative estimate of drug-likeness (QED) is 0.605. The van der Waals surface area contributed by atoms with E-state index in [0.717, 1.165) is 18.4 Å². The Bertz CT molecular complexity index is 582. The molecule has 3 atom stereocenters. The lowest BCUT2D eigenvalue weighted by molar-refractivity contribution is -0.130. The Morgan fingerprint density at radius 3 is 2.25 bits per heavy atom. The molecule has 0 unspecified atom stereocenters. The standard InChI is InChI=1S/C18H22O2/c1-11-5-7-12(8-6-11)15(19)14-13-9-10-18(4,16(14)20)17(13,2)3/h5-8,13-14H,9-10H2,1-4H3/t13-,14-,18-/m0/s1. The number of fused-ring (bicyclic) bond motifs is 2. The van der Waals surface area contributed by atoms with Crippen LogP contribution in [0.2, 0.25) is 0 Å². The van der Waals surface area contributed by atoms with E-state index in [2.05, 4.69) is 20.8 Å². The van der Waals surface area contributed by atoms with E-state index < -0.39 is 5.92 Å². The van der Waals surface area contributed by atoms with Gasteiger partial charge in [-0.2, -0.15) is 0 Å². The number of Topliss-reactive ketones (excluding diaryl/α,β-unsaturated/α-hetero) is 2. The third-order valence-corrected chi connectivity index (χ3v) is 6.15. The molecular formula is C18H22O2. The first-order valence-electron chi connectivity index (χ1n) is 7.44. The van der Waals surface area contributed by atoms with Crippen molar-refractivity contribution in [3.63, 3.8) is 0 Å². The zero-order valence-electron chi connectivity index (χ0n) is 12.7. The lowest BCUT2D eigenvalue weighted by Crippen LogP contribution is -2.35. The number of carbonyl (C=O) groups is 2. The highest BCUT2D eigenvalue weighted by Crippen LogP contribution is 2.66. The largest absolute Gasteiger partial charge is 0.298 e. The van der Waals surface area contributed by atoms with Crippen LogP contribution in [-0.4, -0.2) is 11.6 Å². The van der Waals surface area contributed by atoms with Gasteiger partial charge in [-0.25, -0.2) is 0 Å². The van der Waals surface area contributed by atoms with Crippen LogP contribution in [0.1, 0.15) is 49.5 Å². The predicted molar refractivity (Wildman–Crippen MR) is 78.6 cm³/mol. The highest BCUT2D eigenvalue weighted by atomic mass is 16.2. The molecule has 2 aliphatic carbocycles. The second-order valence-electron chi connectivity index (χ2n) is 7.27. The van der Waals surface area contributed by atoms with Crippen LogP contribution in [0, 0.1) is 29.6 Å². The molecule has 2 saturated carbocycles. The highest BCUT2D eigenvalue weighted by molar-refractivity contribution is 6.14. The van der Waals surface area contributed by atoms with Crippen molar-refractivity contribution >= 4 is 11.6 Å². The molecule has 1 aromatic rings. The Morgan fingerprint density at radius 2 is 1.75 bits per heavy atom. The Kier molecular flexibility index (Phi) is 2.73. The van der Waals surface area contributed by atoms with E-state index in [9.17, 15) is 9.59 Å². The van der Waals surface area contributed by atoms with E-state index in [-0.39, 0.29) is 28.3 Å². The molecule has 0 heterocycles. The van der Waals surface area contributed by atoms with Gasteiger partial charge in [0.05, 0.1) is 5.92 Å². The van der Waals surface area contributed by atoms with E-state index in [1.165, 1.54) is 0 Å². The molecule has 0 amide bonds. The number of rotatable bonds is 2. The lowest BCUT2D eigenvalue weighted by atomic mass is 9.70. The van der Waals surface area contributed by atoms with E-state index in [0.29, 0.717) is 5.56 Å². The van der Waals surface area contributed by atoms with E-state index >= 15 is 0 Å². The summed E-state index contributed by atoms with van der Waals surface area (Å²) in [6.45, 7) is 8.37. The molecule has 2 aliphatic rings. The van der Waals surface area contributed by atoms with Crippen LogP contribution in [-0.2, 0) is 4.79 Å². The van der Waals surface area contributed by atoms with Crippen molar-refractivity contribution in [1.82, 2.24) is 0 Å². The maximum Gasteiger partial charge on any atom is 0.173 e. The average Bonchev–Trinajstić information content (AvgIpc) is 2.71. The molecule has 0 saturated heterocycles. The van der Waals surface area contributed by atoms with Gasteiger partial charge in [0.25, 0.3) is 0 Å². The number of benzene rings is 1. The van der Waals surface area contributed by atoms with Crippen LogP contribution in [0.5, 0.6) is 0 Å². The Hall–Kier alpha value is -1.44. The Labute approximate surface area is 120 Å². The van der Waals surface area contributed by atoms with E-state index in [4.69, 9.17) is 0 Å². The van der Waals surface area contributed by atoms with Crippen molar-refractivity contribution in [1.29, 1.82) is 0 Å². The lowest BCUT2D eigenvalue weighted by Gasteiger charge is -2.32. The third kappa shape index (κ3) is 1.51. The number of ketones is 2. The average molecular weight is 270 g/mol. The fourth-order valence-corrected chi connectivity index (χ4v) is 4.29. The molecular weight excluding hydrogens is 248 g/mol. The molecule has 0 aromatic heterocycles. The number of hydrogen-bond acceptors (Lipinski definition) is 2. The van der Waals surface area contributed by atoms with Gasteiger partial charge in [0.2, 0.25) is 0 Å². The van der Waals surface area contributed by atoms with Gasteiger partial charge in [0.1, 0.15) is 5.78 Å². The van der Waals surface area contributed by atoms with Crippen molar-refractivity contribution in [2.45, 2.75) is 40.5 Å². The molecule has 2 fully saturated rings. The second-order valence-corrected chi connectivity index (χ2v) is 7.27. The topological polar surface area (TPSA) is 34.1 Å². The van der Waals surface area contributed by atoms with E-state index in [1.54, 1.807) is 0 Å². The van der Waals surface area contributed by atoms with Crippen LogP contribution >= 0.6 is 0 Å². The zero-order chi connectivity index (χ0) is 14.7. The summed E-state index contributed by atoms with van der Waals surface area (Å²) in [6.07, 6.45) is 1.93. The van der Waals surface area contributed by atoms with Crippen molar-refractivity contribution in [2.75, 3.05) is 0 Å². The highest BCUT2D eigenvalue weighted by Gasteiger charge is 2.67. The third-order valence-electron chi connectivity index (χ3n) is 6.15. The smallest absolute Gasteiger partial charge is 0.173 e. The fraction of sp³-hybridized carbons (Fsp3) is 0.556. The molecule has 2 nitrogen and oxygen atoms in total. The minimum Gasteiger partial charge on any atom is -0.298 e. The normalized spacial score (nSPS) is 34.5. The van der Waals surface area contributed by atoms with Gasteiger partial charge in [-0.15, -0.1) is 0 Å². The molecule has 0 N–H and O–H groups in total. The molecule has 2 bridgehead atoms. The minimum atomic E-state index is -0.425. The van der Waals surface area contributed by atoms with E-state index in [1.807, 2.05) is 31.2 Å². The van der Waals surface area contributed by atoms with Gasteiger partial charge in [0, 0.05) is 11.0 Å². The van der Waals surface area contributed by atoms with Gasteiger partial charge in [-0.05, 0) is 31.1 Å². The summed E-state index contributed by atoms with van der Waals surface area (Å²) in [5.41, 5.74) is 1.44. The number of hydrogen-bond donors (Lipinski definition) is 0. The maximum atomic E-state index is 12.8. The molecule has 0 aliphatic heterocycles. The van der Waals surface area contributed by atoms with Crippen LogP contribution < -0.4 is 0 Å². The van der Waals surface area contributed by atoms with Crippen LogP contribution in [0.3, 0.4) is 0 Å². The van der Waals surface area contributed by atoms with Gasteiger partial charge in [-0.3, -0.25) is 9.59 Å². The Morgan fingerprint density at radius 1 is 1.15 bits per heavy atom. The summed E-state index contributed by atoms with van der Waals surface area (Å²) in [6, 6.07) is 7.59. The second kappa shape index (κ2) is 4.03. The van der Waals surface area contributed by atoms with Gasteiger partial charge in [-0.1, -0.05) is 50.6 Å². The fourth-order valence-electron chi connectivity index (χ4n) is 4.29. The first-order chi connectivity index (χ1) is 9.29. The summed E-state index contributed by atoms with van der Waals surface area (Å²) in [5, 5.41) is 0. The molecule has 0 spiro atoms. The van der Waals surface area contributed by atoms with Crippen LogP contribution in [0.4, 0.5) is 0 Å². The molecule has 3 rings (SSSR count). The van der Waals surface area contributed by atoms with Gasteiger partial charge in [0.15, 0.2) is 5.78 Å². The molecule has 2 heteroatoms. The number of aryl methyl sites for hydroxylation is 1. The molecule has 106 valence electrons. The summed E-state index contributed by atoms with van der Waals surface area (Å²) in [4.78, 5) is 25.5. The van der Waals surface area contributed by atoms with Crippen molar-refractivity contribution in [3.8, 4) is 0 Å². The number of carbonyl (C=O) groups excluding carboxylic acids is 2. The monoisotopic (exact) mass is 270 g/mol. The molecule has 1 aromatic carbocycles. The first kappa shape index (κ1) is 13.5. The van der Waals surface area contributed by atoms with Crippen molar-refractivity contribution in [3.05, 3.63) is 35.4 Å². The SMILES string of the molecule is Cc1ccc(C(=O)[C@H]2C(=O)[C@]3(C)CC[C@@H]2C3(C)C)cc1. The summed E-state index contributed by atoms with van der Waals surface area (Å²) >= 11 is 0. The van der Waals surface area contributed by atoms with Gasteiger partial charge < -0.3 is 0 Å². The summed E-state index contributed by atoms with van der Waals surface area (Å²) in [5.74, 6) is -0.0268. The molecule has 0 radical (unpaired) electrons. The zero-order valence-corrected chi connectivity index (χ0v) is 12.7. The van der Waals surface area contributed by atoms with Crippen molar-refractivity contribution < 1.29 is 9.59 Å². The Balaban J connectivity index is 1.98. The maximum absolute atomic E-state index is 12.8. The van der Waals surface area contributed by atoms with Crippen LogP contribution in [0.25, 0.3) is 0 Å². The predicted octanol–water partition coefficient (Wildman–Crippen LogP) is 3.82. The van der Waals surface area contributed by atoms with Gasteiger partial charge >= 0.3 is 0 Å².